The van der Waals surface area contributed by atoms with Crippen LogP contribution in [0.15, 0.2) is 0 Å². The van der Waals surface area contributed by atoms with Crippen LogP contribution in [0.3, 0.4) is 0 Å². The fourth-order valence-electron chi connectivity index (χ4n) is 1.13. The lowest BCUT2D eigenvalue weighted by Gasteiger charge is -2.14. The average Bonchev–Trinajstić information content (AvgIpc) is 2.15. The number of alkyl halides is 1. The molecule has 14 heavy (non-hydrogen) atoms. The Kier molecular flexibility index (Phi) is 10.2. The molecule has 0 N–H and O–H groups in total. The van der Waals surface area contributed by atoms with Gasteiger partial charge in [0.2, 0.25) is 0 Å². The maximum absolute atomic E-state index is 5.62. The Morgan fingerprint density at radius 2 is 1.93 bits per heavy atom. The molecule has 0 spiro atoms. The van der Waals surface area contributed by atoms with E-state index in [1.165, 1.54) is 6.42 Å². The summed E-state index contributed by atoms with van der Waals surface area (Å²) in [7, 11) is 0. The van der Waals surface area contributed by atoms with E-state index in [0.29, 0.717) is 6.61 Å². The van der Waals surface area contributed by atoms with Gasteiger partial charge in [-0.1, -0.05) is 22.9 Å². The number of hydrogen-bond donors (Lipinski definition) is 0. The third-order valence-corrected chi connectivity index (χ3v) is 2.63. The quantitative estimate of drug-likeness (QED) is 0.597. The van der Waals surface area contributed by atoms with E-state index in [1.807, 2.05) is 6.92 Å². The molecule has 0 fully saturated rings. The summed E-state index contributed by atoms with van der Waals surface area (Å²) in [4.78, 5) is 0. The van der Waals surface area contributed by atoms with Crippen LogP contribution >= 0.6 is 15.9 Å². The highest BCUT2D eigenvalue weighted by molar-refractivity contribution is 9.09. The zero-order valence-corrected chi connectivity index (χ0v) is 11.2. The van der Waals surface area contributed by atoms with Crippen LogP contribution in [-0.4, -0.2) is 31.3 Å². The monoisotopic (exact) mass is 266 g/mol. The first-order valence-corrected chi connectivity index (χ1v) is 6.58. The third-order valence-electron chi connectivity index (χ3n) is 2.17. The van der Waals surface area contributed by atoms with Crippen molar-refractivity contribution in [1.29, 1.82) is 0 Å². The number of hydrogen-bond acceptors (Lipinski definition) is 2. The molecule has 2 unspecified atom stereocenters. The van der Waals surface area contributed by atoms with E-state index >= 15 is 0 Å². The Labute approximate surface area is 96.5 Å². The molecule has 0 saturated heterocycles. The molecule has 0 aromatic carbocycles. The Hall–Kier alpha value is 0.400. The predicted octanol–water partition coefficient (Wildman–Crippen LogP) is 3.24. The van der Waals surface area contributed by atoms with E-state index in [2.05, 4.69) is 29.8 Å². The summed E-state index contributed by atoms with van der Waals surface area (Å²) in [6.45, 7) is 8.66. The Balaban J connectivity index is 3.25. The van der Waals surface area contributed by atoms with E-state index in [9.17, 15) is 0 Å². The minimum absolute atomic E-state index is 0.228. The summed E-state index contributed by atoms with van der Waals surface area (Å²) >= 11 is 3.44. The molecule has 0 radical (unpaired) electrons. The first-order valence-electron chi connectivity index (χ1n) is 5.46. The molecule has 0 aliphatic carbocycles. The van der Waals surface area contributed by atoms with Crippen molar-refractivity contribution in [3.8, 4) is 0 Å². The fraction of sp³-hybridized carbons (Fsp3) is 1.00. The van der Waals surface area contributed by atoms with Gasteiger partial charge in [-0.3, -0.25) is 0 Å². The summed E-state index contributed by atoms with van der Waals surface area (Å²) in [5, 5.41) is 1.09. The minimum Gasteiger partial charge on any atom is -0.379 e. The van der Waals surface area contributed by atoms with Gasteiger partial charge in [-0.15, -0.1) is 0 Å². The van der Waals surface area contributed by atoms with E-state index in [4.69, 9.17) is 9.47 Å². The molecule has 0 rings (SSSR count). The van der Waals surface area contributed by atoms with Gasteiger partial charge in [-0.25, -0.2) is 0 Å². The molecule has 3 heteroatoms. The van der Waals surface area contributed by atoms with E-state index < -0.39 is 0 Å². The lowest BCUT2D eigenvalue weighted by Crippen LogP contribution is -2.17. The van der Waals surface area contributed by atoms with Crippen LogP contribution in [0, 0.1) is 5.92 Å². The van der Waals surface area contributed by atoms with Crippen molar-refractivity contribution >= 4 is 15.9 Å². The van der Waals surface area contributed by atoms with Gasteiger partial charge in [-0.2, -0.15) is 0 Å². The Morgan fingerprint density at radius 3 is 2.50 bits per heavy atom. The normalized spacial score (nSPS) is 15.4. The van der Waals surface area contributed by atoms with Crippen molar-refractivity contribution in [2.45, 2.75) is 39.7 Å². The van der Waals surface area contributed by atoms with E-state index in [-0.39, 0.29) is 6.10 Å². The van der Waals surface area contributed by atoms with Crippen LogP contribution in [0.5, 0.6) is 0 Å². The average molecular weight is 267 g/mol. The molecule has 0 aliphatic heterocycles. The fourth-order valence-corrected chi connectivity index (χ4v) is 1.91. The zero-order valence-electron chi connectivity index (χ0n) is 9.59. The molecule has 0 aromatic heterocycles. The van der Waals surface area contributed by atoms with Crippen molar-refractivity contribution < 1.29 is 9.47 Å². The SMILES string of the molecule is CCOCC(C)OCCC(C)CCBr. The van der Waals surface area contributed by atoms with Crippen LogP contribution in [-0.2, 0) is 9.47 Å². The second-order valence-electron chi connectivity index (χ2n) is 3.71. The minimum atomic E-state index is 0.228. The standard InChI is InChI=1S/C11H23BrO2/c1-4-13-9-11(3)14-8-6-10(2)5-7-12/h10-11H,4-9H2,1-3H3. The van der Waals surface area contributed by atoms with Gasteiger partial charge >= 0.3 is 0 Å². The van der Waals surface area contributed by atoms with Crippen LogP contribution in [0.2, 0.25) is 0 Å². The van der Waals surface area contributed by atoms with Crippen molar-refractivity contribution in [3.05, 3.63) is 0 Å². The summed E-state index contributed by atoms with van der Waals surface area (Å²) in [6, 6.07) is 0. The highest BCUT2D eigenvalue weighted by atomic mass is 79.9. The molecule has 0 aliphatic rings. The molecule has 2 atom stereocenters. The van der Waals surface area contributed by atoms with Gasteiger partial charge in [0.1, 0.15) is 0 Å². The van der Waals surface area contributed by atoms with Crippen molar-refractivity contribution in [1.82, 2.24) is 0 Å². The van der Waals surface area contributed by atoms with Crippen LogP contribution in [0.25, 0.3) is 0 Å². The van der Waals surface area contributed by atoms with Gasteiger partial charge in [0.05, 0.1) is 12.7 Å². The first-order chi connectivity index (χ1) is 6.70. The molecule has 0 saturated carbocycles. The van der Waals surface area contributed by atoms with Gasteiger partial charge in [0.15, 0.2) is 0 Å². The summed E-state index contributed by atoms with van der Waals surface area (Å²) in [5.41, 5.74) is 0. The molecule has 0 heterocycles. The number of ether oxygens (including phenoxy) is 2. The molecule has 0 amide bonds. The Bertz CT molecular complexity index is 120. The molecular formula is C11H23BrO2. The molecule has 86 valence electrons. The second-order valence-corrected chi connectivity index (χ2v) is 4.51. The molecular weight excluding hydrogens is 244 g/mol. The first kappa shape index (κ1) is 14.4. The summed E-state index contributed by atoms with van der Waals surface area (Å²) in [5.74, 6) is 0.744. The topological polar surface area (TPSA) is 18.5 Å². The summed E-state index contributed by atoms with van der Waals surface area (Å²) < 4.78 is 10.9. The van der Waals surface area contributed by atoms with Crippen molar-refractivity contribution in [2.24, 2.45) is 5.92 Å². The largest absolute Gasteiger partial charge is 0.379 e. The smallest absolute Gasteiger partial charge is 0.0780 e. The third kappa shape index (κ3) is 8.97. The van der Waals surface area contributed by atoms with Crippen molar-refractivity contribution in [2.75, 3.05) is 25.2 Å². The molecule has 0 bridgehead atoms. The van der Waals surface area contributed by atoms with Crippen molar-refractivity contribution in [3.63, 3.8) is 0 Å². The maximum atomic E-state index is 5.62. The second kappa shape index (κ2) is 9.94. The maximum Gasteiger partial charge on any atom is 0.0780 e. The zero-order chi connectivity index (χ0) is 10.8. The highest BCUT2D eigenvalue weighted by Gasteiger charge is 2.04. The Morgan fingerprint density at radius 1 is 1.21 bits per heavy atom. The summed E-state index contributed by atoms with van der Waals surface area (Å²) in [6.07, 6.45) is 2.59. The number of rotatable bonds is 9. The van der Waals surface area contributed by atoms with E-state index in [1.54, 1.807) is 0 Å². The van der Waals surface area contributed by atoms with Gasteiger partial charge in [-0.05, 0) is 32.6 Å². The van der Waals surface area contributed by atoms with E-state index in [0.717, 1.165) is 30.9 Å². The van der Waals surface area contributed by atoms with Crippen LogP contribution in [0.4, 0.5) is 0 Å². The predicted molar refractivity (Wildman–Crippen MR) is 64.1 cm³/mol. The van der Waals surface area contributed by atoms with Crippen LogP contribution < -0.4 is 0 Å². The lowest BCUT2D eigenvalue weighted by atomic mass is 10.1. The highest BCUT2D eigenvalue weighted by Crippen LogP contribution is 2.09. The molecule has 0 aromatic rings. The lowest BCUT2D eigenvalue weighted by molar-refractivity contribution is -0.00725. The number of halogens is 1. The van der Waals surface area contributed by atoms with Crippen LogP contribution in [0.1, 0.15) is 33.6 Å². The van der Waals surface area contributed by atoms with Gasteiger partial charge < -0.3 is 9.47 Å². The molecule has 2 nitrogen and oxygen atoms in total. The van der Waals surface area contributed by atoms with Gasteiger partial charge in [0.25, 0.3) is 0 Å². The van der Waals surface area contributed by atoms with Gasteiger partial charge in [0, 0.05) is 18.5 Å².